The first kappa shape index (κ1) is 20.4. The number of alkyl carbamates (subject to hydrolysis) is 1. The van der Waals surface area contributed by atoms with Crippen molar-refractivity contribution in [2.45, 2.75) is 12.0 Å². The van der Waals surface area contributed by atoms with Crippen molar-refractivity contribution in [1.82, 2.24) is 9.69 Å². The van der Waals surface area contributed by atoms with E-state index < -0.39 is 18.1 Å². The van der Waals surface area contributed by atoms with Crippen LogP contribution in [0, 0.1) is 0 Å². The van der Waals surface area contributed by atoms with Crippen LogP contribution in [0.1, 0.15) is 28.0 Å². The van der Waals surface area contributed by atoms with Gasteiger partial charge < -0.3 is 19.9 Å². The van der Waals surface area contributed by atoms with Gasteiger partial charge in [0.25, 0.3) is 0 Å². The van der Waals surface area contributed by atoms with Gasteiger partial charge in [-0.1, -0.05) is 48.5 Å². The number of methoxy groups -OCH3 is 1. The molecule has 1 aromatic heterocycles. The molecule has 0 fully saturated rings. The number of hydrogen-bond donors (Lipinski definition) is 2. The summed E-state index contributed by atoms with van der Waals surface area (Å²) in [5.74, 6) is -1.08. The first-order chi connectivity index (χ1) is 14.5. The first-order valence-corrected chi connectivity index (χ1v) is 10.6. The van der Waals surface area contributed by atoms with Crippen molar-refractivity contribution in [3.8, 4) is 17.0 Å². The zero-order valence-electron chi connectivity index (χ0n) is 15.8. The number of amides is 1. The highest BCUT2D eigenvalue weighted by Crippen LogP contribution is 2.44. The van der Waals surface area contributed by atoms with E-state index in [1.807, 2.05) is 48.5 Å². The molecule has 0 aliphatic heterocycles. The van der Waals surface area contributed by atoms with Crippen LogP contribution in [-0.2, 0) is 9.53 Å². The van der Waals surface area contributed by atoms with E-state index in [1.165, 1.54) is 7.11 Å². The molecule has 2 aromatic carbocycles. The molecule has 1 amide bonds. The normalized spacial score (nSPS) is 13.3. The smallest absolute Gasteiger partial charge is 0.408 e. The number of aromatic nitrogens is 1. The summed E-state index contributed by atoms with van der Waals surface area (Å²) < 4.78 is 14.9. The second kappa shape index (κ2) is 8.45. The summed E-state index contributed by atoms with van der Waals surface area (Å²) in [6.07, 6.45) is -0.816. The second-order valence-corrected chi connectivity index (χ2v) is 8.21. The Morgan fingerprint density at radius 1 is 1.17 bits per heavy atom. The highest BCUT2D eigenvalue weighted by molar-refractivity contribution is 9.10. The van der Waals surface area contributed by atoms with Crippen LogP contribution in [0.15, 0.2) is 53.0 Å². The molecule has 1 aliphatic carbocycles. The van der Waals surface area contributed by atoms with E-state index in [0.29, 0.717) is 9.35 Å². The molecule has 1 aliphatic rings. The molecule has 7 nitrogen and oxygen atoms in total. The quantitative estimate of drug-likeness (QED) is 0.526. The standard InChI is InChI=1S/C21H17BrN2O5S/c1-28-19-16(22)18(30-24-19)17(20(25)26)23-21(27)29-10-15-13-8-4-2-6-11(13)12-7-3-5-9-14(12)15/h2-9,15,17H,10H2,1H3,(H,23,27)(H,25,26). The summed E-state index contributed by atoms with van der Waals surface area (Å²) in [5, 5.41) is 12.0. The lowest BCUT2D eigenvalue weighted by molar-refractivity contribution is -0.139. The topological polar surface area (TPSA) is 97.8 Å². The maximum Gasteiger partial charge on any atom is 0.408 e. The summed E-state index contributed by atoms with van der Waals surface area (Å²) in [4.78, 5) is 24.5. The van der Waals surface area contributed by atoms with E-state index in [4.69, 9.17) is 9.47 Å². The highest BCUT2D eigenvalue weighted by atomic mass is 79.9. The predicted molar refractivity (Wildman–Crippen MR) is 115 cm³/mol. The maximum atomic E-state index is 12.4. The highest BCUT2D eigenvalue weighted by Gasteiger charge is 2.31. The van der Waals surface area contributed by atoms with Gasteiger partial charge in [-0.15, -0.1) is 0 Å². The van der Waals surface area contributed by atoms with E-state index in [1.54, 1.807) is 0 Å². The van der Waals surface area contributed by atoms with Crippen LogP contribution in [0.2, 0.25) is 0 Å². The molecule has 154 valence electrons. The number of aliphatic carboxylic acids is 1. The van der Waals surface area contributed by atoms with Crippen LogP contribution < -0.4 is 10.1 Å². The van der Waals surface area contributed by atoms with Gasteiger partial charge in [0.1, 0.15) is 6.61 Å². The Balaban J connectivity index is 1.49. The van der Waals surface area contributed by atoms with Crippen LogP contribution in [-0.4, -0.2) is 35.3 Å². The maximum absolute atomic E-state index is 12.4. The van der Waals surface area contributed by atoms with Gasteiger partial charge in [-0.05, 0) is 49.7 Å². The average molecular weight is 489 g/mol. The molecule has 1 heterocycles. The van der Waals surface area contributed by atoms with Crippen molar-refractivity contribution >= 4 is 39.5 Å². The molecule has 4 rings (SSSR count). The molecule has 9 heteroatoms. The van der Waals surface area contributed by atoms with Crippen molar-refractivity contribution in [2.24, 2.45) is 0 Å². The van der Waals surface area contributed by atoms with E-state index in [9.17, 15) is 14.7 Å². The van der Waals surface area contributed by atoms with Crippen molar-refractivity contribution in [1.29, 1.82) is 0 Å². The lowest BCUT2D eigenvalue weighted by atomic mass is 9.98. The molecule has 3 aromatic rings. The van der Waals surface area contributed by atoms with Gasteiger partial charge in [0, 0.05) is 5.92 Å². The van der Waals surface area contributed by atoms with Crippen molar-refractivity contribution in [3.05, 3.63) is 69.0 Å². The van der Waals surface area contributed by atoms with E-state index in [0.717, 1.165) is 33.8 Å². The number of hydrogen-bond acceptors (Lipinski definition) is 6. The number of carboxylic acid groups (broad SMARTS) is 1. The summed E-state index contributed by atoms with van der Waals surface area (Å²) in [5.41, 5.74) is 4.39. The second-order valence-electron chi connectivity index (χ2n) is 6.61. The van der Waals surface area contributed by atoms with Gasteiger partial charge in [-0.3, -0.25) is 0 Å². The molecule has 2 N–H and O–H groups in total. The van der Waals surface area contributed by atoms with Crippen molar-refractivity contribution in [3.63, 3.8) is 0 Å². The largest absolute Gasteiger partial charge is 0.480 e. The minimum Gasteiger partial charge on any atom is -0.480 e. The number of carbonyl (C=O) groups is 2. The molecule has 1 unspecified atom stereocenters. The average Bonchev–Trinajstić information content (AvgIpc) is 3.28. The Morgan fingerprint density at radius 3 is 2.30 bits per heavy atom. The molecule has 30 heavy (non-hydrogen) atoms. The van der Waals surface area contributed by atoms with Crippen LogP contribution >= 0.6 is 27.5 Å². The van der Waals surface area contributed by atoms with Gasteiger partial charge in [-0.2, -0.15) is 4.37 Å². The Morgan fingerprint density at radius 2 is 1.77 bits per heavy atom. The number of nitrogens with one attached hydrogen (secondary N) is 1. The van der Waals surface area contributed by atoms with Crippen LogP contribution in [0.3, 0.4) is 0 Å². The lowest BCUT2D eigenvalue weighted by Gasteiger charge is -2.17. The van der Waals surface area contributed by atoms with Gasteiger partial charge in [0.2, 0.25) is 5.88 Å². The Labute approximate surface area is 184 Å². The monoisotopic (exact) mass is 488 g/mol. The fourth-order valence-electron chi connectivity index (χ4n) is 3.58. The van der Waals surface area contributed by atoms with Crippen LogP contribution in [0.4, 0.5) is 4.79 Å². The van der Waals surface area contributed by atoms with Gasteiger partial charge in [0.15, 0.2) is 6.04 Å². The molecular formula is C21H17BrN2O5S. The minimum absolute atomic E-state index is 0.0966. The molecule has 0 saturated carbocycles. The van der Waals surface area contributed by atoms with Gasteiger partial charge >= 0.3 is 12.1 Å². The Bertz CT molecular complexity index is 1070. The van der Waals surface area contributed by atoms with Crippen LogP contribution in [0.25, 0.3) is 11.1 Å². The predicted octanol–water partition coefficient (Wildman–Crippen LogP) is 4.58. The van der Waals surface area contributed by atoms with Gasteiger partial charge in [0.05, 0.1) is 16.5 Å². The number of benzene rings is 2. The molecule has 0 bridgehead atoms. The fourth-order valence-corrected chi connectivity index (χ4v) is 5.17. The Kier molecular flexibility index (Phi) is 5.74. The fraction of sp³-hybridized carbons (Fsp3) is 0.190. The molecule has 0 spiro atoms. The first-order valence-electron chi connectivity index (χ1n) is 9.04. The van der Waals surface area contributed by atoms with Crippen molar-refractivity contribution < 1.29 is 24.2 Å². The number of halogens is 1. The SMILES string of the molecule is COc1nsc(C(NC(=O)OCC2c3ccccc3-c3ccccc32)C(=O)O)c1Br. The summed E-state index contributed by atoms with van der Waals surface area (Å²) >= 11 is 4.20. The third-order valence-electron chi connectivity index (χ3n) is 4.94. The van der Waals surface area contributed by atoms with Gasteiger partial charge in [-0.25, -0.2) is 9.59 Å². The summed E-state index contributed by atoms with van der Waals surface area (Å²) in [7, 11) is 1.43. The molecule has 0 radical (unpaired) electrons. The third-order valence-corrected chi connectivity index (χ3v) is 6.86. The number of carbonyl (C=O) groups excluding carboxylic acids is 1. The summed E-state index contributed by atoms with van der Waals surface area (Å²) in [6, 6.07) is 14.7. The number of carboxylic acids is 1. The number of nitrogens with zero attached hydrogens (tertiary/aromatic N) is 1. The molecule has 0 saturated heterocycles. The van der Waals surface area contributed by atoms with E-state index in [2.05, 4.69) is 25.6 Å². The lowest BCUT2D eigenvalue weighted by Crippen LogP contribution is -2.34. The zero-order chi connectivity index (χ0) is 21.3. The van der Waals surface area contributed by atoms with Crippen molar-refractivity contribution in [2.75, 3.05) is 13.7 Å². The van der Waals surface area contributed by atoms with Crippen LogP contribution in [0.5, 0.6) is 5.88 Å². The number of rotatable bonds is 6. The Hall–Kier alpha value is -2.91. The van der Waals surface area contributed by atoms with E-state index >= 15 is 0 Å². The van der Waals surface area contributed by atoms with E-state index in [-0.39, 0.29) is 18.4 Å². The minimum atomic E-state index is -1.31. The number of ether oxygens (including phenoxy) is 2. The zero-order valence-corrected chi connectivity index (χ0v) is 18.2. The number of fused-ring (bicyclic) bond motifs is 3. The molecular weight excluding hydrogens is 472 g/mol. The molecule has 1 atom stereocenters. The summed E-state index contributed by atoms with van der Waals surface area (Å²) in [6.45, 7) is 0.0966. The third kappa shape index (κ3) is 3.66.